The van der Waals surface area contributed by atoms with Gasteiger partial charge < -0.3 is 10.1 Å². The molecule has 0 saturated carbocycles. The third-order valence-corrected chi connectivity index (χ3v) is 2.78. The van der Waals surface area contributed by atoms with Crippen LogP contribution in [0.1, 0.15) is 5.56 Å². The van der Waals surface area contributed by atoms with E-state index in [1.165, 1.54) is 11.3 Å². The number of anilines is 1. The fourth-order valence-electron chi connectivity index (χ4n) is 1.54. The monoisotopic (exact) mass is 227 g/mol. The summed E-state index contributed by atoms with van der Waals surface area (Å²) in [5.41, 5.74) is 2.47. The van der Waals surface area contributed by atoms with E-state index in [0.717, 1.165) is 23.2 Å². The van der Waals surface area contributed by atoms with Crippen LogP contribution in [0.3, 0.4) is 0 Å². The van der Waals surface area contributed by atoms with Gasteiger partial charge in [-0.2, -0.15) is 0 Å². The first-order valence-corrected chi connectivity index (χ1v) is 4.71. The molecule has 2 rings (SSSR count). The van der Waals surface area contributed by atoms with Crippen LogP contribution in [0.15, 0.2) is 16.6 Å². The maximum Gasteiger partial charge on any atom is 0.124 e. The number of nitrogens with one attached hydrogen (secondary N) is 1. The van der Waals surface area contributed by atoms with E-state index in [4.69, 9.17) is 4.74 Å². The van der Waals surface area contributed by atoms with Gasteiger partial charge in [-0.05, 0) is 34.5 Å². The SMILES string of the molecule is COc1ccc(Br)c2c1CCN2. The molecule has 12 heavy (non-hydrogen) atoms. The fourth-order valence-corrected chi connectivity index (χ4v) is 2.05. The lowest BCUT2D eigenvalue weighted by Gasteiger charge is -2.07. The van der Waals surface area contributed by atoms with Gasteiger partial charge in [0, 0.05) is 16.6 Å². The molecule has 0 atom stereocenters. The van der Waals surface area contributed by atoms with Crippen LogP contribution in [0, 0.1) is 0 Å². The van der Waals surface area contributed by atoms with Gasteiger partial charge in [0.2, 0.25) is 0 Å². The molecule has 1 aliphatic heterocycles. The number of hydrogen-bond acceptors (Lipinski definition) is 2. The molecule has 1 aromatic carbocycles. The van der Waals surface area contributed by atoms with E-state index in [2.05, 4.69) is 21.2 Å². The highest BCUT2D eigenvalue weighted by Crippen LogP contribution is 2.36. The molecule has 0 amide bonds. The summed E-state index contributed by atoms with van der Waals surface area (Å²) in [6, 6.07) is 4.01. The first-order valence-electron chi connectivity index (χ1n) is 3.92. The van der Waals surface area contributed by atoms with E-state index >= 15 is 0 Å². The molecule has 64 valence electrons. The number of hydrogen-bond donors (Lipinski definition) is 1. The smallest absolute Gasteiger partial charge is 0.124 e. The second-order valence-corrected chi connectivity index (χ2v) is 3.63. The van der Waals surface area contributed by atoms with E-state index in [1.54, 1.807) is 7.11 Å². The summed E-state index contributed by atoms with van der Waals surface area (Å²) in [5.74, 6) is 0.984. The molecule has 1 aliphatic rings. The van der Waals surface area contributed by atoms with Gasteiger partial charge in [0.05, 0.1) is 12.8 Å². The summed E-state index contributed by atoms with van der Waals surface area (Å²) in [6.45, 7) is 1.01. The maximum absolute atomic E-state index is 5.25. The lowest BCUT2D eigenvalue weighted by molar-refractivity contribution is 0.411. The van der Waals surface area contributed by atoms with Crippen molar-refractivity contribution in [2.45, 2.75) is 6.42 Å². The Morgan fingerprint density at radius 2 is 2.33 bits per heavy atom. The fraction of sp³-hybridized carbons (Fsp3) is 0.333. The van der Waals surface area contributed by atoms with Crippen LogP contribution >= 0.6 is 15.9 Å². The van der Waals surface area contributed by atoms with Crippen LogP contribution in [0.4, 0.5) is 5.69 Å². The Morgan fingerprint density at radius 1 is 1.50 bits per heavy atom. The lowest BCUT2D eigenvalue weighted by Crippen LogP contribution is -1.91. The normalized spacial score (nSPS) is 13.8. The van der Waals surface area contributed by atoms with Crippen LogP contribution in [0.2, 0.25) is 0 Å². The van der Waals surface area contributed by atoms with Crippen LogP contribution < -0.4 is 10.1 Å². The molecule has 0 fully saturated rings. The second-order valence-electron chi connectivity index (χ2n) is 2.78. The number of methoxy groups -OCH3 is 1. The molecule has 0 unspecified atom stereocenters. The Labute approximate surface area is 80.1 Å². The van der Waals surface area contributed by atoms with E-state index in [-0.39, 0.29) is 0 Å². The van der Waals surface area contributed by atoms with Crippen molar-refractivity contribution in [3.63, 3.8) is 0 Å². The van der Waals surface area contributed by atoms with Crippen molar-refractivity contribution in [1.29, 1.82) is 0 Å². The maximum atomic E-state index is 5.25. The van der Waals surface area contributed by atoms with Gasteiger partial charge in [-0.1, -0.05) is 0 Å². The number of rotatable bonds is 1. The minimum absolute atomic E-state index is 0.984. The molecule has 0 saturated heterocycles. The van der Waals surface area contributed by atoms with Gasteiger partial charge in [-0.3, -0.25) is 0 Å². The largest absolute Gasteiger partial charge is 0.496 e. The minimum atomic E-state index is 0.984. The Balaban J connectivity index is 2.57. The summed E-state index contributed by atoms with van der Waals surface area (Å²) >= 11 is 3.49. The zero-order valence-corrected chi connectivity index (χ0v) is 8.44. The molecule has 0 radical (unpaired) electrons. The summed E-state index contributed by atoms with van der Waals surface area (Å²) in [7, 11) is 1.71. The first-order chi connectivity index (χ1) is 5.83. The lowest BCUT2D eigenvalue weighted by atomic mass is 10.1. The highest BCUT2D eigenvalue weighted by Gasteiger charge is 2.17. The molecule has 0 aliphatic carbocycles. The van der Waals surface area contributed by atoms with E-state index in [0.29, 0.717) is 0 Å². The van der Waals surface area contributed by atoms with Gasteiger partial charge in [-0.25, -0.2) is 0 Å². The molecule has 1 heterocycles. The van der Waals surface area contributed by atoms with Gasteiger partial charge in [0.15, 0.2) is 0 Å². The molecule has 1 aromatic rings. The average Bonchev–Trinajstić information content (AvgIpc) is 2.54. The summed E-state index contributed by atoms with van der Waals surface area (Å²) < 4.78 is 6.37. The van der Waals surface area contributed by atoms with Crippen molar-refractivity contribution in [1.82, 2.24) is 0 Å². The topological polar surface area (TPSA) is 21.3 Å². The summed E-state index contributed by atoms with van der Waals surface area (Å²) in [5, 5.41) is 3.32. The highest BCUT2D eigenvalue weighted by molar-refractivity contribution is 9.10. The van der Waals surface area contributed by atoms with Crippen LogP contribution in [0.25, 0.3) is 0 Å². The Hall–Kier alpha value is -0.700. The van der Waals surface area contributed by atoms with Crippen molar-refractivity contribution in [2.24, 2.45) is 0 Å². The number of halogens is 1. The molecule has 0 aromatic heterocycles. The van der Waals surface area contributed by atoms with Gasteiger partial charge in [0.1, 0.15) is 5.75 Å². The molecule has 0 bridgehead atoms. The van der Waals surface area contributed by atoms with Gasteiger partial charge >= 0.3 is 0 Å². The summed E-state index contributed by atoms with van der Waals surface area (Å²) in [6.07, 6.45) is 1.05. The zero-order valence-electron chi connectivity index (χ0n) is 6.86. The second kappa shape index (κ2) is 2.98. The zero-order chi connectivity index (χ0) is 8.55. The number of ether oxygens (including phenoxy) is 1. The molecule has 1 N–H and O–H groups in total. The minimum Gasteiger partial charge on any atom is -0.496 e. The van der Waals surface area contributed by atoms with E-state index in [9.17, 15) is 0 Å². The first kappa shape index (κ1) is 7.92. The van der Waals surface area contributed by atoms with Crippen molar-refractivity contribution in [2.75, 3.05) is 19.0 Å². The molecular weight excluding hydrogens is 218 g/mol. The van der Waals surface area contributed by atoms with E-state index < -0.39 is 0 Å². The third kappa shape index (κ3) is 1.08. The Kier molecular flexibility index (Phi) is 1.97. The van der Waals surface area contributed by atoms with Crippen molar-refractivity contribution in [3.8, 4) is 5.75 Å². The molecule has 3 heteroatoms. The Morgan fingerprint density at radius 3 is 3.08 bits per heavy atom. The van der Waals surface area contributed by atoms with Gasteiger partial charge in [0.25, 0.3) is 0 Å². The van der Waals surface area contributed by atoms with Crippen LogP contribution in [0.5, 0.6) is 5.75 Å². The highest BCUT2D eigenvalue weighted by atomic mass is 79.9. The predicted octanol–water partition coefficient (Wildman–Crippen LogP) is 2.43. The molecule has 0 spiro atoms. The standard InChI is InChI=1S/C9H10BrNO/c1-12-8-3-2-7(10)9-6(8)4-5-11-9/h2-3,11H,4-5H2,1H3. The van der Waals surface area contributed by atoms with Crippen molar-refractivity contribution >= 4 is 21.6 Å². The molecule has 2 nitrogen and oxygen atoms in total. The quantitative estimate of drug-likeness (QED) is 0.796. The van der Waals surface area contributed by atoms with Crippen molar-refractivity contribution < 1.29 is 4.74 Å². The average molecular weight is 228 g/mol. The predicted molar refractivity (Wildman–Crippen MR) is 52.9 cm³/mol. The number of benzene rings is 1. The molecular formula is C9H10BrNO. The summed E-state index contributed by atoms with van der Waals surface area (Å²) in [4.78, 5) is 0. The van der Waals surface area contributed by atoms with Gasteiger partial charge in [-0.15, -0.1) is 0 Å². The van der Waals surface area contributed by atoms with E-state index in [1.807, 2.05) is 12.1 Å². The third-order valence-electron chi connectivity index (χ3n) is 2.12. The van der Waals surface area contributed by atoms with Crippen molar-refractivity contribution in [3.05, 3.63) is 22.2 Å². The van der Waals surface area contributed by atoms with Crippen LogP contribution in [-0.2, 0) is 6.42 Å². The van der Waals surface area contributed by atoms with Crippen LogP contribution in [-0.4, -0.2) is 13.7 Å². The Bertz CT molecular complexity index is 312. The number of fused-ring (bicyclic) bond motifs is 1.